The van der Waals surface area contributed by atoms with E-state index in [2.05, 4.69) is 41.8 Å². The minimum atomic E-state index is 0.180. The Morgan fingerprint density at radius 1 is 1.33 bits per heavy atom. The summed E-state index contributed by atoms with van der Waals surface area (Å²) in [6, 6.07) is 10.1. The lowest BCUT2D eigenvalue weighted by Gasteiger charge is -2.23. The van der Waals surface area contributed by atoms with Crippen LogP contribution in [0.2, 0.25) is 0 Å². The van der Waals surface area contributed by atoms with Crippen LogP contribution in [0.5, 0.6) is 11.5 Å². The van der Waals surface area contributed by atoms with Crippen molar-refractivity contribution >= 4 is 11.3 Å². The molecular weight excluding hydrogens is 284 g/mol. The molecule has 0 radical (unpaired) electrons. The Balaban J connectivity index is 1.92. The summed E-state index contributed by atoms with van der Waals surface area (Å²) in [7, 11) is 5.73. The van der Waals surface area contributed by atoms with E-state index in [1.54, 1.807) is 30.6 Å². The molecule has 5 heteroatoms. The van der Waals surface area contributed by atoms with Crippen LogP contribution in [0.15, 0.2) is 35.7 Å². The Morgan fingerprint density at radius 3 is 2.71 bits per heavy atom. The number of nitrogens with zero attached hydrogens (tertiary/aromatic N) is 1. The van der Waals surface area contributed by atoms with E-state index in [1.165, 1.54) is 4.88 Å². The van der Waals surface area contributed by atoms with Gasteiger partial charge in [-0.2, -0.15) is 0 Å². The first-order valence-electron chi connectivity index (χ1n) is 6.88. The van der Waals surface area contributed by atoms with Gasteiger partial charge in [0.1, 0.15) is 0 Å². The third-order valence-electron chi connectivity index (χ3n) is 3.41. The first-order chi connectivity index (χ1) is 10.1. The van der Waals surface area contributed by atoms with Crippen molar-refractivity contribution in [3.8, 4) is 11.5 Å². The first kappa shape index (κ1) is 15.8. The predicted octanol–water partition coefficient (Wildman–Crippen LogP) is 2.85. The molecule has 2 N–H and O–H groups in total. The molecule has 2 rings (SSSR count). The summed E-state index contributed by atoms with van der Waals surface area (Å²) < 4.78 is 5.05. The quantitative estimate of drug-likeness (QED) is 0.825. The maximum absolute atomic E-state index is 9.78. The minimum Gasteiger partial charge on any atom is -0.504 e. The van der Waals surface area contributed by atoms with Crippen LogP contribution in [0.3, 0.4) is 0 Å². The van der Waals surface area contributed by atoms with E-state index in [0.717, 1.165) is 12.1 Å². The summed E-state index contributed by atoms with van der Waals surface area (Å²) in [6.07, 6.45) is 0. The molecular formula is C16H22N2O2S. The monoisotopic (exact) mass is 306 g/mol. The second kappa shape index (κ2) is 7.45. The maximum atomic E-state index is 9.78. The van der Waals surface area contributed by atoms with Crippen molar-refractivity contribution in [3.63, 3.8) is 0 Å². The number of hydrogen-bond acceptors (Lipinski definition) is 5. The smallest absolute Gasteiger partial charge is 0.160 e. The summed E-state index contributed by atoms with van der Waals surface area (Å²) in [5.41, 5.74) is 1.04. The fraction of sp³-hybridized carbons (Fsp3) is 0.375. The highest BCUT2D eigenvalue weighted by atomic mass is 32.1. The van der Waals surface area contributed by atoms with Gasteiger partial charge in [-0.25, -0.2) is 0 Å². The van der Waals surface area contributed by atoms with Crippen molar-refractivity contribution in [1.29, 1.82) is 0 Å². The highest BCUT2D eigenvalue weighted by Crippen LogP contribution is 2.26. The number of ether oxygens (including phenoxy) is 1. The van der Waals surface area contributed by atoms with E-state index >= 15 is 0 Å². The zero-order valence-corrected chi connectivity index (χ0v) is 13.5. The van der Waals surface area contributed by atoms with Gasteiger partial charge in [-0.3, -0.25) is 0 Å². The Labute approximate surface area is 130 Å². The SMILES string of the molecule is COc1ccc(CNC[C@H](c2cccs2)N(C)C)cc1O. The highest BCUT2D eigenvalue weighted by Gasteiger charge is 2.14. The largest absolute Gasteiger partial charge is 0.504 e. The number of aromatic hydroxyl groups is 1. The summed E-state index contributed by atoms with van der Waals surface area (Å²) >= 11 is 1.77. The lowest BCUT2D eigenvalue weighted by atomic mass is 10.2. The summed E-state index contributed by atoms with van der Waals surface area (Å²) in [5, 5.41) is 15.3. The van der Waals surface area contributed by atoms with Gasteiger partial charge < -0.3 is 20.1 Å². The molecule has 0 aliphatic heterocycles. The standard InChI is InChI=1S/C16H22N2O2S/c1-18(2)13(16-5-4-8-21-16)11-17-10-12-6-7-15(20-3)14(19)9-12/h4-9,13,17,19H,10-11H2,1-3H3/t13-/m1/s1. The van der Waals surface area contributed by atoms with Gasteiger partial charge in [-0.15, -0.1) is 11.3 Å². The lowest BCUT2D eigenvalue weighted by molar-refractivity contribution is 0.292. The van der Waals surface area contributed by atoms with Crippen LogP contribution in [0.4, 0.5) is 0 Å². The Bertz CT molecular complexity index is 555. The average molecular weight is 306 g/mol. The van der Waals surface area contributed by atoms with Crippen LogP contribution in [0.1, 0.15) is 16.5 Å². The molecule has 0 unspecified atom stereocenters. The lowest BCUT2D eigenvalue weighted by Crippen LogP contribution is -2.30. The first-order valence-corrected chi connectivity index (χ1v) is 7.76. The molecule has 0 saturated carbocycles. The molecule has 0 aliphatic rings. The van der Waals surface area contributed by atoms with Gasteiger partial charge >= 0.3 is 0 Å². The summed E-state index contributed by atoms with van der Waals surface area (Å²) in [5.74, 6) is 0.683. The summed E-state index contributed by atoms with van der Waals surface area (Å²) in [4.78, 5) is 3.56. The van der Waals surface area contributed by atoms with Crippen LogP contribution < -0.4 is 10.1 Å². The number of rotatable bonds is 7. The van der Waals surface area contributed by atoms with Crippen molar-refractivity contribution in [1.82, 2.24) is 10.2 Å². The fourth-order valence-electron chi connectivity index (χ4n) is 2.22. The van der Waals surface area contributed by atoms with Gasteiger partial charge in [-0.05, 0) is 43.2 Å². The van der Waals surface area contributed by atoms with Crippen LogP contribution in [-0.2, 0) is 6.54 Å². The molecule has 4 nitrogen and oxygen atoms in total. The normalized spacial score (nSPS) is 12.6. The second-order valence-electron chi connectivity index (χ2n) is 5.13. The van der Waals surface area contributed by atoms with E-state index in [0.29, 0.717) is 18.3 Å². The molecule has 0 spiro atoms. The van der Waals surface area contributed by atoms with Crippen molar-refractivity contribution in [3.05, 3.63) is 46.2 Å². The molecule has 2 aromatic rings. The van der Waals surface area contributed by atoms with E-state index in [1.807, 2.05) is 6.07 Å². The van der Waals surface area contributed by atoms with Crippen LogP contribution in [0, 0.1) is 0 Å². The summed E-state index contributed by atoms with van der Waals surface area (Å²) in [6.45, 7) is 1.58. The number of likely N-dealkylation sites (N-methyl/N-ethyl adjacent to an activating group) is 1. The zero-order chi connectivity index (χ0) is 15.2. The molecule has 0 bridgehead atoms. The Morgan fingerprint density at radius 2 is 2.14 bits per heavy atom. The molecule has 21 heavy (non-hydrogen) atoms. The third kappa shape index (κ3) is 4.20. The molecule has 1 atom stereocenters. The number of methoxy groups -OCH3 is 1. The molecule has 0 amide bonds. The van der Waals surface area contributed by atoms with E-state index in [4.69, 9.17) is 4.74 Å². The number of hydrogen-bond donors (Lipinski definition) is 2. The van der Waals surface area contributed by atoms with Gasteiger partial charge in [0, 0.05) is 18.0 Å². The topological polar surface area (TPSA) is 44.7 Å². The van der Waals surface area contributed by atoms with E-state index < -0.39 is 0 Å². The van der Waals surface area contributed by atoms with Crippen LogP contribution >= 0.6 is 11.3 Å². The van der Waals surface area contributed by atoms with Crippen LogP contribution in [0.25, 0.3) is 0 Å². The molecule has 0 fully saturated rings. The number of thiophene rings is 1. The van der Waals surface area contributed by atoms with Gasteiger partial charge in [0.2, 0.25) is 0 Å². The third-order valence-corrected chi connectivity index (χ3v) is 4.38. The van der Waals surface area contributed by atoms with Gasteiger partial charge in [0.15, 0.2) is 11.5 Å². The van der Waals surface area contributed by atoms with Crippen molar-refractivity contribution in [2.75, 3.05) is 27.7 Å². The van der Waals surface area contributed by atoms with Crippen molar-refractivity contribution in [2.45, 2.75) is 12.6 Å². The average Bonchev–Trinajstić information content (AvgIpc) is 2.97. The van der Waals surface area contributed by atoms with Gasteiger partial charge in [0.25, 0.3) is 0 Å². The van der Waals surface area contributed by atoms with Crippen molar-refractivity contribution in [2.24, 2.45) is 0 Å². The van der Waals surface area contributed by atoms with Gasteiger partial charge in [0.05, 0.1) is 13.2 Å². The molecule has 1 aromatic carbocycles. The zero-order valence-electron chi connectivity index (χ0n) is 12.7. The highest BCUT2D eigenvalue weighted by molar-refractivity contribution is 7.10. The minimum absolute atomic E-state index is 0.180. The van der Waals surface area contributed by atoms with Crippen molar-refractivity contribution < 1.29 is 9.84 Å². The fourth-order valence-corrected chi connectivity index (χ4v) is 3.14. The molecule has 114 valence electrons. The second-order valence-corrected chi connectivity index (χ2v) is 6.11. The van der Waals surface area contributed by atoms with Gasteiger partial charge in [-0.1, -0.05) is 12.1 Å². The van der Waals surface area contributed by atoms with E-state index in [9.17, 15) is 5.11 Å². The molecule has 0 aliphatic carbocycles. The number of nitrogens with one attached hydrogen (secondary N) is 1. The maximum Gasteiger partial charge on any atom is 0.160 e. The Kier molecular flexibility index (Phi) is 5.61. The Hall–Kier alpha value is -1.56. The van der Waals surface area contributed by atoms with E-state index in [-0.39, 0.29) is 5.75 Å². The number of phenols is 1. The molecule has 1 heterocycles. The molecule has 1 aromatic heterocycles. The number of phenolic OH excluding ortho intramolecular Hbond substituents is 1. The molecule has 0 saturated heterocycles. The predicted molar refractivity (Wildman–Crippen MR) is 87.1 cm³/mol. The van der Waals surface area contributed by atoms with Crippen LogP contribution in [-0.4, -0.2) is 37.8 Å². The number of benzene rings is 1.